The molecule has 1 aromatic heterocycles. The summed E-state index contributed by atoms with van der Waals surface area (Å²) in [6, 6.07) is 9.25. The van der Waals surface area contributed by atoms with Crippen LogP contribution in [0.3, 0.4) is 0 Å². The Kier molecular flexibility index (Phi) is 7.10. The van der Waals surface area contributed by atoms with Gasteiger partial charge in [0.15, 0.2) is 11.8 Å². The van der Waals surface area contributed by atoms with E-state index in [1.807, 2.05) is 0 Å². The van der Waals surface area contributed by atoms with E-state index >= 15 is 0 Å². The summed E-state index contributed by atoms with van der Waals surface area (Å²) in [6.45, 7) is 11.3. The lowest BCUT2D eigenvalue weighted by atomic mass is 9.99. The maximum Gasteiger partial charge on any atom is 0.191 e. The Bertz CT molecular complexity index is 863. The minimum absolute atomic E-state index is 0.320. The average Bonchev–Trinajstić information content (AvgIpc) is 3.21. The second-order valence-electron chi connectivity index (χ2n) is 8.89. The summed E-state index contributed by atoms with van der Waals surface area (Å²) in [7, 11) is 0. The van der Waals surface area contributed by atoms with E-state index < -0.39 is 0 Å². The number of nitrogens with one attached hydrogen (secondary N) is 2. The third-order valence-electron chi connectivity index (χ3n) is 6.41. The molecule has 31 heavy (non-hydrogen) atoms. The van der Waals surface area contributed by atoms with Crippen LogP contribution in [0.2, 0.25) is 0 Å². The van der Waals surface area contributed by atoms with Gasteiger partial charge in [-0.05, 0) is 49.8 Å². The smallest absolute Gasteiger partial charge is 0.191 e. The number of rotatable bonds is 6. The molecule has 1 unspecified atom stereocenters. The molecule has 0 bridgehead atoms. The van der Waals surface area contributed by atoms with E-state index in [1.54, 1.807) is 0 Å². The lowest BCUT2D eigenvalue weighted by Gasteiger charge is -2.32. The van der Waals surface area contributed by atoms with Crippen LogP contribution in [0.1, 0.15) is 57.2 Å². The number of fused-ring (bicyclic) bond motifs is 1. The summed E-state index contributed by atoms with van der Waals surface area (Å²) in [5.41, 5.74) is 2.57. The molecule has 2 aromatic rings. The molecule has 1 aromatic carbocycles. The molecule has 7 nitrogen and oxygen atoms in total. The fourth-order valence-electron chi connectivity index (χ4n) is 4.39. The van der Waals surface area contributed by atoms with Gasteiger partial charge in [-0.2, -0.15) is 5.10 Å². The molecular formula is C24H37N7. The zero-order valence-electron chi connectivity index (χ0n) is 19.3. The van der Waals surface area contributed by atoms with Gasteiger partial charge in [0, 0.05) is 44.2 Å². The van der Waals surface area contributed by atoms with E-state index in [2.05, 4.69) is 75.3 Å². The van der Waals surface area contributed by atoms with Gasteiger partial charge in [-0.15, -0.1) is 0 Å². The predicted molar refractivity (Wildman–Crippen MR) is 127 cm³/mol. The first-order chi connectivity index (χ1) is 15.1. The summed E-state index contributed by atoms with van der Waals surface area (Å²) in [5, 5.41) is 11.6. The molecule has 1 fully saturated rings. The highest BCUT2D eigenvalue weighted by atomic mass is 15.4. The average molecular weight is 424 g/mol. The van der Waals surface area contributed by atoms with E-state index in [4.69, 9.17) is 4.99 Å². The highest BCUT2D eigenvalue weighted by Crippen LogP contribution is 2.23. The van der Waals surface area contributed by atoms with Crippen molar-refractivity contribution in [3.63, 3.8) is 0 Å². The van der Waals surface area contributed by atoms with Crippen LogP contribution in [-0.2, 0) is 25.9 Å². The van der Waals surface area contributed by atoms with Gasteiger partial charge in [0.05, 0.1) is 13.1 Å². The predicted octanol–water partition coefficient (Wildman–Crippen LogP) is 3.15. The number of hydrogen-bond acceptors (Lipinski definition) is 4. The van der Waals surface area contributed by atoms with E-state index in [1.165, 1.54) is 37.2 Å². The van der Waals surface area contributed by atoms with Gasteiger partial charge in [-0.1, -0.05) is 26.0 Å². The minimum atomic E-state index is 0.320. The first-order valence-corrected chi connectivity index (χ1v) is 12.0. The Morgan fingerprint density at radius 1 is 1.13 bits per heavy atom. The lowest BCUT2D eigenvalue weighted by Crippen LogP contribution is -2.47. The first kappa shape index (κ1) is 21.7. The molecule has 168 valence electrons. The van der Waals surface area contributed by atoms with Crippen molar-refractivity contribution >= 4 is 11.6 Å². The normalized spacial score (nSPS) is 19.9. The van der Waals surface area contributed by atoms with Crippen molar-refractivity contribution in [3.05, 3.63) is 41.5 Å². The summed E-state index contributed by atoms with van der Waals surface area (Å²) in [5.74, 6) is 3.79. The van der Waals surface area contributed by atoms with Crippen LogP contribution < -0.4 is 15.5 Å². The quantitative estimate of drug-likeness (QED) is 0.552. The zero-order valence-corrected chi connectivity index (χ0v) is 19.3. The van der Waals surface area contributed by atoms with Gasteiger partial charge in [-0.3, -0.25) is 0 Å². The first-order valence-electron chi connectivity index (χ1n) is 12.0. The molecule has 2 aliphatic rings. The van der Waals surface area contributed by atoms with Crippen molar-refractivity contribution in [3.8, 4) is 0 Å². The van der Waals surface area contributed by atoms with E-state index in [-0.39, 0.29) is 0 Å². The molecule has 0 radical (unpaired) electrons. The van der Waals surface area contributed by atoms with E-state index in [0.29, 0.717) is 12.6 Å². The van der Waals surface area contributed by atoms with Gasteiger partial charge in [-0.25, -0.2) is 14.7 Å². The number of guanidine groups is 1. The van der Waals surface area contributed by atoms with Crippen molar-refractivity contribution in [2.24, 2.45) is 10.9 Å². The summed E-state index contributed by atoms with van der Waals surface area (Å²) in [6.07, 6.45) is 5.48. The molecule has 0 aliphatic carbocycles. The molecule has 0 amide bonds. The standard InChI is InChI=1S/C24H37N7/c1-4-22-28-23-11-8-20(17-31(23)29-22)27-24(25-5-2)26-16-19-6-9-21(10-7-19)30-14-12-18(3)13-15-30/h6-7,9-10,18,20H,4-5,8,11-17H2,1-3H3,(H2,25,26,27). The maximum atomic E-state index is 4.84. The van der Waals surface area contributed by atoms with Crippen LogP contribution in [0.5, 0.6) is 0 Å². The molecular weight excluding hydrogens is 386 g/mol. The Balaban J connectivity index is 1.34. The molecule has 0 saturated carbocycles. The number of piperidine rings is 1. The largest absolute Gasteiger partial charge is 0.372 e. The van der Waals surface area contributed by atoms with Crippen LogP contribution >= 0.6 is 0 Å². The SMILES string of the molecule is CCNC(=NCc1ccc(N2CCC(C)CC2)cc1)NC1CCc2nc(CC)nn2C1. The molecule has 3 heterocycles. The van der Waals surface area contributed by atoms with Crippen LogP contribution in [0.4, 0.5) is 5.69 Å². The number of anilines is 1. The second kappa shape index (κ2) is 10.2. The molecule has 2 N–H and O–H groups in total. The number of aliphatic imine (C=N–C) groups is 1. The molecule has 7 heteroatoms. The minimum Gasteiger partial charge on any atom is -0.372 e. The molecule has 2 aliphatic heterocycles. The number of benzene rings is 1. The van der Waals surface area contributed by atoms with Crippen molar-refractivity contribution < 1.29 is 0 Å². The fraction of sp³-hybridized carbons (Fsp3) is 0.625. The topological polar surface area (TPSA) is 70.4 Å². The Morgan fingerprint density at radius 3 is 2.61 bits per heavy atom. The van der Waals surface area contributed by atoms with E-state index in [0.717, 1.165) is 55.9 Å². The van der Waals surface area contributed by atoms with Gasteiger partial charge in [0.2, 0.25) is 0 Å². The Labute approximate surface area is 186 Å². The Morgan fingerprint density at radius 2 is 1.90 bits per heavy atom. The van der Waals surface area contributed by atoms with Gasteiger partial charge in [0.25, 0.3) is 0 Å². The summed E-state index contributed by atoms with van der Waals surface area (Å²) < 4.78 is 2.06. The van der Waals surface area contributed by atoms with Gasteiger partial charge >= 0.3 is 0 Å². The molecule has 4 rings (SSSR count). The van der Waals surface area contributed by atoms with Crippen molar-refractivity contribution in [2.75, 3.05) is 24.5 Å². The van der Waals surface area contributed by atoms with Crippen LogP contribution in [0.15, 0.2) is 29.3 Å². The van der Waals surface area contributed by atoms with Crippen LogP contribution in [0, 0.1) is 5.92 Å². The van der Waals surface area contributed by atoms with Crippen LogP contribution in [-0.4, -0.2) is 46.4 Å². The summed E-state index contributed by atoms with van der Waals surface area (Å²) in [4.78, 5) is 12.0. The van der Waals surface area contributed by atoms with Gasteiger partial charge < -0.3 is 15.5 Å². The van der Waals surface area contributed by atoms with Crippen LogP contribution in [0.25, 0.3) is 0 Å². The van der Waals surface area contributed by atoms with Crippen molar-refractivity contribution in [2.45, 2.75) is 72.0 Å². The fourth-order valence-corrected chi connectivity index (χ4v) is 4.39. The highest BCUT2D eigenvalue weighted by molar-refractivity contribution is 5.80. The maximum absolute atomic E-state index is 4.84. The zero-order chi connectivity index (χ0) is 21.6. The Hall–Kier alpha value is -2.57. The van der Waals surface area contributed by atoms with Crippen molar-refractivity contribution in [1.29, 1.82) is 0 Å². The summed E-state index contributed by atoms with van der Waals surface area (Å²) >= 11 is 0. The second-order valence-corrected chi connectivity index (χ2v) is 8.89. The number of hydrogen-bond donors (Lipinski definition) is 2. The third-order valence-corrected chi connectivity index (χ3v) is 6.41. The number of aryl methyl sites for hydroxylation is 2. The molecule has 0 spiro atoms. The highest BCUT2D eigenvalue weighted by Gasteiger charge is 2.22. The monoisotopic (exact) mass is 423 g/mol. The van der Waals surface area contributed by atoms with Gasteiger partial charge in [0.1, 0.15) is 5.82 Å². The molecule has 1 atom stereocenters. The number of nitrogens with zero attached hydrogens (tertiary/aromatic N) is 5. The number of aromatic nitrogens is 3. The third kappa shape index (κ3) is 5.57. The lowest BCUT2D eigenvalue weighted by molar-refractivity contribution is 0.392. The molecule has 1 saturated heterocycles. The van der Waals surface area contributed by atoms with E-state index in [9.17, 15) is 0 Å². The van der Waals surface area contributed by atoms with Crippen molar-refractivity contribution in [1.82, 2.24) is 25.4 Å².